The van der Waals surface area contributed by atoms with E-state index in [-0.39, 0.29) is 0 Å². The quantitative estimate of drug-likeness (QED) is 0.873. The van der Waals surface area contributed by atoms with E-state index in [2.05, 4.69) is 36.5 Å². The Balaban J connectivity index is 2.00. The highest BCUT2D eigenvalue weighted by Gasteiger charge is 2.20. The smallest absolute Gasteiger partial charge is 0.0931 e. The Morgan fingerprint density at radius 1 is 1.62 bits per heavy atom. The second kappa shape index (κ2) is 5.25. The van der Waals surface area contributed by atoms with Crippen molar-refractivity contribution < 1.29 is 0 Å². The van der Waals surface area contributed by atoms with Crippen LogP contribution in [0, 0.1) is 5.92 Å². The van der Waals surface area contributed by atoms with Crippen LogP contribution in [0.15, 0.2) is 5.38 Å². The van der Waals surface area contributed by atoms with Gasteiger partial charge < -0.3 is 10.2 Å². The maximum Gasteiger partial charge on any atom is 0.0931 e. The zero-order chi connectivity index (χ0) is 11.5. The van der Waals surface area contributed by atoms with Crippen molar-refractivity contribution in [1.29, 1.82) is 0 Å². The fraction of sp³-hybridized carbons (Fsp3) is 0.750. The van der Waals surface area contributed by atoms with Crippen LogP contribution in [-0.2, 0) is 6.42 Å². The van der Waals surface area contributed by atoms with E-state index in [0.717, 1.165) is 26.1 Å². The molecule has 1 aromatic rings. The highest BCUT2D eigenvalue weighted by molar-refractivity contribution is 7.09. The van der Waals surface area contributed by atoms with Crippen LogP contribution in [0.1, 0.15) is 30.6 Å². The summed E-state index contributed by atoms with van der Waals surface area (Å²) in [6.07, 6.45) is 1.10. The van der Waals surface area contributed by atoms with Crippen LogP contribution in [0.5, 0.6) is 0 Å². The molecule has 3 nitrogen and oxygen atoms in total. The second-order valence-corrected chi connectivity index (χ2v) is 5.98. The maximum atomic E-state index is 4.74. The van der Waals surface area contributed by atoms with E-state index >= 15 is 0 Å². The third-order valence-electron chi connectivity index (χ3n) is 2.89. The molecule has 16 heavy (non-hydrogen) atoms. The van der Waals surface area contributed by atoms with Crippen LogP contribution < -0.4 is 5.32 Å². The number of piperazine rings is 1. The van der Waals surface area contributed by atoms with Crippen molar-refractivity contribution >= 4 is 11.3 Å². The number of nitrogens with one attached hydrogen (secondary N) is 1. The van der Waals surface area contributed by atoms with Gasteiger partial charge in [0.25, 0.3) is 0 Å². The van der Waals surface area contributed by atoms with Crippen LogP contribution >= 0.6 is 11.3 Å². The van der Waals surface area contributed by atoms with Gasteiger partial charge in [0.1, 0.15) is 0 Å². The van der Waals surface area contributed by atoms with Crippen molar-refractivity contribution in [2.75, 3.05) is 26.7 Å². The number of hydrogen-bond donors (Lipinski definition) is 1. The number of rotatable bonds is 3. The van der Waals surface area contributed by atoms with Crippen molar-refractivity contribution in [3.63, 3.8) is 0 Å². The Bertz CT molecular complexity index is 335. The molecular formula is C12H21N3S. The maximum absolute atomic E-state index is 4.74. The number of aromatic nitrogens is 1. The summed E-state index contributed by atoms with van der Waals surface area (Å²) >= 11 is 1.80. The van der Waals surface area contributed by atoms with Crippen molar-refractivity contribution in [2.24, 2.45) is 5.92 Å². The Hall–Kier alpha value is -0.450. The molecule has 90 valence electrons. The van der Waals surface area contributed by atoms with Crippen LogP contribution in [0.4, 0.5) is 0 Å². The summed E-state index contributed by atoms with van der Waals surface area (Å²) in [5.74, 6) is 0.695. The van der Waals surface area contributed by atoms with Crippen LogP contribution in [0.3, 0.4) is 0 Å². The van der Waals surface area contributed by atoms with E-state index in [4.69, 9.17) is 4.98 Å². The van der Waals surface area contributed by atoms with Crippen LogP contribution in [-0.4, -0.2) is 36.6 Å². The summed E-state index contributed by atoms with van der Waals surface area (Å²) in [5, 5.41) is 7.03. The molecule has 1 aromatic heterocycles. The minimum Gasteiger partial charge on any atom is -0.306 e. The van der Waals surface area contributed by atoms with E-state index in [1.54, 1.807) is 11.3 Å². The molecule has 1 saturated heterocycles. The summed E-state index contributed by atoms with van der Waals surface area (Å²) in [6, 6.07) is 0.427. The average molecular weight is 239 g/mol. The van der Waals surface area contributed by atoms with E-state index in [9.17, 15) is 0 Å². The molecule has 4 heteroatoms. The molecule has 0 spiro atoms. The predicted octanol–water partition coefficient (Wildman–Crippen LogP) is 1.92. The number of likely N-dealkylation sites (N-methyl/N-ethyl adjacent to an activating group) is 1. The summed E-state index contributed by atoms with van der Waals surface area (Å²) in [5.41, 5.74) is 1.23. The van der Waals surface area contributed by atoms with Crippen molar-refractivity contribution in [3.05, 3.63) is 16.1 Å². The fourth-order valence-electron chi connectivity index (χ4n) is 2.02. The van der Waals surface area contributed by atoms with E-state index < -0.39 is 0 Å². The van der Waals surface area contributed by atoms with Gasteiger partial charge in [-0.2, -0.15) is 0 Å². The number of hydrogen-bond acceptors (Lipinski definition) is 4. The van der Waals surface area contributed by atoms with E-state index in [0.29, 0.717) is 12.0 Å². The first kappa shape index (κ1) is 12.0. The summed E-state index contributed by atoms with van der Waals surface area (Å²) < 4.78 is 0. The molecule has 1 atom stereocenters. The van der Waals surface area contributed by atoms with Gasteiger partial charge in [0.2, 0.25) is 0 Å². The van der Waals surface area contributed by atoms with Crippen molar-refractivity contribution in [1.82, 2.24) is 15.2 Å². The molecule has 0 radical (unpaired) electrons. The van der Waals surface area contributed by atoms with Crippen molar-refractivity contribution in [3.8, 4) is 0 Å². The minimum atomic E-state index is 0.427. The van der Waals surface area contributed by atoms with Gasteiger partial charge in [-0.25, -0.2) is 4.98 Å². The highest BCUT2D eigenvalue weighted by Crippen LogP contribution is 2.21. The highest BCUT2D eigenvalue weighted by atomic mass is 32.1. The van der Waals surface area contributed by atoms with E-state index in [1.165, 1.54) is 10.7 Å². The standard InChI is InChI=1S/C12H21N3S/c1-9(2)6-12-14-11(8-16-12)10-7-15(3)5-4-13-10/h8-10,13H,4-7H2,1-3H3. The summed E-state index contributed by atoms with van der Waals surface area (Å²) in [6.45, 7) is 7.77. The molecule has 0 amide bonds. The van der Waals surface area contributed by atoms with Gasteiger partial charge in [-0.15, -0.1) is 11.3 Å². The normalized spacial score (nSPS) is 22.9. The Labute approximate surface area is 102 Å². The molecular weight excluding hydrogens is 218 g/mol. The molecule has 0 saturated carbocycles. The lowest BCUT2D eigenvalue weighted by molar-refractivity contribution is 0.238. The molecule has 1 aliphatic rings. The topological polar surface area (TPSA) is 28.2 Å². The third-order valence-corrected chi connectivity index (χ3v) is 3.78. The SMILES string of the molecule is CC(C)Cc1nc(C2CN(C)CCN2)cs1. The zero-order valence-electron chi connectivity index (χ0n) is 10.4. The molecule has 2 rings (SSSR count). The largest absolute Gasteiger partial charge is 0.306 e. The molecule has 0 bridgehead atoms. The first-order valence-corrected chi connectivity index (χ1v) is 6.89. The Kier molecular flexibility index (Phi) is 3.95. The van der Waals surface area contributed by atoms with Gasteiger partial charge >= 0.3 is 0 Å². The van der Waals surface area contributed by atoms with Gasteiger partial charge in [-0.3, -0.25) is 0 Å². The molecule has 0 aliphatic carbocycles. The summed E-state index contributed by atoms with van der Waals surface area (Å²) in [7, 11) is 2.18. The van der Waals surface area contributed by atoms with Gasteiger partial charge in [-0.05, 0) is 13.0 Å². The first-order chi connectivity index (χ1) is 7.65. The second-order valence-electron chi connectivity index (χ2n) is 5.03. The fourth-order valence-corrected chi connectivity index (χ4v) is 3.08. The predicted molar refractivity (Wildman–Crippen MR) is 68.9 cm³/mol. The van der Waals surface area contributed by atoms with Crippen LogP contribution in [0.25, 0.3) is 0 Å². The van der Waals surface area contributed by atoms with Crippen LogP contribution in [0.2, 0.25) is 0 Å². The number of nitrogens with zero attached hydrogens (tertiary/aromatic N) is 2. The van der Waals surface area contributed by atoms with Gasteiger partial charge in [-0.1, -0.05) is 13.8 Å². The monoisotopic (exact) mass is 239 g/mol. The molecule has 0 aromatic carbocycles. The molecule has 1 fully saturated rings. The lowest BCUT2D eigenvalue weighted by Crippen LogP contribution is -2.43. The van der Waals surface area contributed by atoms with Gasteiger partial charge in [0.15, 0.2) is 0 Å². The molecule has 2 heterocycles. The first-order valence-electron chi connectivity index (χ1n) is 6.01. The van der Waals surface area contributed by atoms with Gasteiger partial charge in [0.05, 0.1) is 16.7 Å². The Morgan fingerprint density at radius 2 is 2.44 bits per heavy atom. The lowest BCUT2D eigenvalue weighted by atomic mass is 10.1. The Morgan fingerprint density at radius 3 is 3.12 bits per heavy atom. The minimum absolute atomic E-state index is 0.427. The third kappa shape index (κ3) is 3.03. The van der Waals surface area contributed by atoms with Crippen molar-refractivity contribution in [2.45, 2.75) is 26.3 Å². The molecule has 1 unspecified atom stereocenters. The van der Waals surface area contributed by atoms with Gasteiger partial charge in [0, 0.05) is 31.4 Å². The molecule has 1 aliphatic heterocycles. The molecule has 1 N–H and O–H groups in total. The lowest BCUT2D eigenvalue weighted by Gasteiger charge is -2.29. The summed E-state index contributed by atoms with van der Waals surface area (Å²) in [4.78, 5) is 7.10. The van der Waals surface area contributed by atoms with E-state index in [1.807, 2.05) is 0 Å². The zero-order valence-corrected chi connectivity index (χ0v) is 11.2. The average Bonchev–Trinajstić information content (AvgIpc) is 2.65. The number of thiazole rings is 1.